The number of rotatable bonds is 2. The monoisotopic (exact) mass is 274 g/mol. The summed E-state index contributed by atoms with van der Waals surface area (Å²) in [6, 6.07) is 9.25. The molecule has 110 valence electrons. The van der Waals surface area contributed by atoms with Gasteiger partial charge in [0.2, 0.25) is 0 Å². The number of nitrogens with zero attached hydrogens (tertiary/aromatic N) is 1. The Morgan fingerprint density at radius 2 is 1.90 bits per heavy atom. The van der Waals surface area contributed by atoms with Crippen molar-refractivity contribution >= 4 is 0 Å². The third kappa shape index (κ3) is 2.57. The number of para-hydroxylation sites is 1. The molecule has 2 aliphatic rings. The maximum absolute atomic E-state index is 5.99. The van der Waals surface area contributed by atoms with E-state index in [0.29, 0.717) is 17.5 Å². The number of piperidine rings is 1. The lowest BCUT2D eigenvalue weighted by Gasteiger charge is -2.45. The van der Waals surface area contributed by atoms with Gasteiger partial charge in [0.1, 0.15) is 12.4 Å². The zero-order valence-corrected chi connectivity index (χ0v) is 12.9. The molecule has 20 heavy (non-hydrogen) atoms. The van der Waals surface area contributed by atoms with Gasteiger partial charge in [-0.25, -0.2) is 0 Å². The maximum atomic E-state index is 5.99. The second-order valence-corrected chi connectivity index (χ2v) is 6.88. The van der Waals surface area contributed by atoms with Crippen LogP contribution < -0.4 is 10.1 Å². The van der Waals surface area contributed by atoms with Gasteiger partial charge >= 0.3 is 0 Å². The summed E-state index contributed by atoms with van der Waals surface area (Å²) >= 11 is 0. The highest BCUT2D eigenvalue weighted by Crippen LogP contribution is 2.37. The number of benzene rings is 1. The minimum absolute atomic E-state index is 0.376. The normalized spacial score (nSPS) is 29.6. The number of fused-ring (bicyclic) bond motifs is 1. The fourth-order valence-corrected chi connectivity index (χ4v) is 3.47. The Labute approximate surface area is 122 Å². The molecule has 1 aromatic carbocycles. The van der Waals surface area contributed by atoms with Crippen LogP contribution in [0.5, 0.6) is 5.75 Å². The van der Waals surface area contributed by atoms with Crippen LogP contribution in [0.3, 0.4) is 0 Å². The Morgan fingerprint density at radius 3 is 2.60 bits per heavy atom. The summed E-state index contributed by atoms with van der Waals surface area (Å²) in [7, 11) is 2.06. The topological polar surface area (TPSA) is 24.5 Å². The van der Waals surface area contributed by atoms with Gasteiger partial charge in [-0.1, -0.05) is 32.0 Å². The van der Waals surface area contributed by atoms with Gasteiger partial charge in [-0.05, 0) is 44.5 Å². The lowest BCUT2D eigenvalue weighted by molar-refractivity contribution is 0.0404. The predicted octanol–water partition coefficient (Wildman–Crippen LogP) is 2.83. The quantitative estimate of drug-likeness (QED) is 0.897. The first-order valence-electron chi connectivity index (χ1n) is 7.74. The molecule has 1 aromatic rings. The molecule has 3 heteroatoms. The lowest BCUT2D eigenvalue weighted by Crippen LogP contribution is -2.52. The average Bonchev–Trinajstić information content (AvgIpc) is 2.46. The minimum Gasteiger partial charge on any atom is -0.492 e. The number of hydrogen-bond acceptors (Lipinski definition) is 3. The first kappa shape index (κ1) is 13.9. The van der Waals surface area contributed by atoms with E-state index >= 15 is 0 Å². The molecule has 1 N–H and O–H groups in total. The molecule has 0 spiro atoms. The minimum atomic E-state index is 0.376. The average molecular weight is 274 g/mol. The van der Waals surface area contributed by atoms with E-state index in [-0.39, 0.29) is 0 Å². The van der Waals surface area contributed by atoms with Gasteiger partial charge in [-0.3, -0.25) is 4.90 Å². The highest BCUT2D eigenvalue weighted by Gasteiger charge is 2.36. The van der Waals surface area contributed by atoms with Crippen LogP contribution in [0.1, 0.15) is 38.3 Å². The van der Waals surface area contributed by atoms with Crippen molar-refractivity contribution in [2.45, 2.75) is 38.8 Å². The van der Waals surface area contributed by atoms with Crippen LogP contribution in [0.25, 0.3) is 0 Å². The van der Waals surface area contributed by atoms with Crippen molar-refractivity contribution in [2.75, 3.05) is 26.7 Å². The third-order valence-electron chi connectivity index (χ3n) is 4.98. The summed E-state index contributed by atoms with van der Waals surface area (Å²) in [4.78, 5) is 2.61. The molecule has 2 atom stereocenters. The van der Waals surface area contributed by atoms with Crippen LogP contribution in [0.15, 0.2) is 24.3 Å². The van der Waals surface area contributed by atoms with E-state index < -0.39 is 0 Å². The summed E-state index contributed by atoms with van der Waals surface area (Å²) in [5.74, 6) is 1.04. The van der Waals surface area contributed by atoms with Crippen LogP contribution in [0, 0.1) is 5.41 Å². The predicted molar refractivity (Wildman–Crippen MR) is 82.1 cm³/mol. The summed E-state index contributed by atoms with van der Waals surface area (Å²) in [6.45, 7) is 7.92. The second kappa shape index (κ2) is 5.38. The standard InChI is InChI=1S/C17H26N2O/c1-17(2)8-10-19(11-9-17)14-12-20-15-7-5-4-6-13(15)16(14)18-3/h4-7,14,16,18H,8-12H2,1-3H3. The van der Waals surface area contributed by atoms with Crippen LogP contribution >= 0.6 is 0 Å². The van der Waals surface area contributed by atoms with E-state index in [0.717, 1.165) is 12.4 Å². The van der Waals surface area contributed by atoms with Gasteiger partial charge in [0.25, 0.3) is 0 Å². The first-order chi connectivity index (χ1) is 9.61. The van der Waals surface area contributed by atoms with Gasteiger partial charge in [-0.2, -0.15) is 0 Å². The van der Waals surface area contributed by atoms with E-state index in [2.05, 4.69) is 55.4 Å². The van der Waals surface area contributed by atoms with Crippen LogP contribution in [0.2, 0.25) is 0 Å². The van der Waals surface area contributed by atoms with E-state index in [1.807, 2.05) is 0 Å². The molecule has 3 rings (SSSR count). The van der Waals surface area contributed by atoms with Crippen LogP contribution in [-0.4, -0.2) is 37.7 Å². The summed E-state index contributed by atoms with van der Waals surface area (Å²) in [5.41, 5.74) is 1.80. The van der Waals surface area contributed by atoms with E-state index in [9.17, 15) is 0 Å². The zero-order valence-electron chi connectivity index (χ0n) is 12.9. The van der Waals surface area contributed by atoms with Crippen molar-refractivity contribution in [3.05, 3.63) is 29.8 Å². The molecule has 3 nitrogen and oxygen atoms in total. The van der Waals surface area contributed by atoms with Gasteiger partial charge in [0.15, 0.2) is 0 Å². The Morgan fingerprint density at radius 1 is 1.20 bits per heavy atom. The lowest BCUT2D eigenvalue weighted by atomic mass is 9.81. The van der Waals surface area contributed by atoms with Crippen molar-refractivity contribution in [3.8, 4) is 5.75 Å². The molecular weight excluding hydrogens is 248 g/mol. The van der Waals surface area contributed by atoms with E-state index in [1.165, 1.54) is 31.5 Å². The van der Waals surface area contributed by atoms with Crippen molar-refractivity contribution in [1.82, 2.24) is 10.2 Å². The molecule has 0 bridgehead atoms. The molecule has 2 unspecified atom stereocenters. The highest BCUT2D eigenvalue weighted by atomic mass is 16.5. The van der Waals surface area contributed by atoms with Crippen molar-refractivity contribution in [2.24, 2.45) is 5.41 Å². The van der Waals surface area contributed by atoms with Crippen molar-refractivity contribution in [1.29, 1.82) is 0 Å². The molecule has 2 heterocycles. The molecule has 0 amide bonds. The van der Waals surface area contributed by atoms with Gasteiger partial charge in [-0.15, -0.1) is 0 Å². The van der Waals surface area contributed by atoms with Gasteiger partial charge < -0.3 is 10.1 Å². The van der Waals surface area contributed by atoms with E-state index in [4.69, 9.17) is 4.74 Å². The SMILES string of the molecule is CNC1c2ccccc2OCC1N1CCC(C)(C)CC1. The van der Waals surface area contributed by atoms with Crippen molar-refractivity contribution < 1.29 is 4.74 Å². The van der Waals surface area contributed by atoms with Gasteiger partial charge in [0.05, 0.1) is 12.1 Å². The Balaban J connectivity index is 1.78. The molecule has 0 aromatic heterocycles. The zero-order chi connectivity index (χ0) is 14.2. The molecule has 0 aliphatic carbocycles. The smallest absolute Gasteiger partial charge is 0.124 e. The third-order valence-corrected chi connectivity index (χ3v) is 4.98. The summed E-state index contributed by atoms with van der Waals surface area (Å²) < 4.78 is 5.99. The number of likely N-dealkylation sites (N-methyl/N-ethyl adjacent to an activating group) is 1. The van der Waals surface area contributed by atoms with Gasteiger partial charge in [0, 0.05) is 5.56 Å². The Bertz CT molecular complexity index is 462. The molecule has 1 saturated heterocycles. The Kier molecular flexibility index (Phi) is 3.74. The number of nitrogens with one attached hydrogen (secondary N) is 1. The maximum Gasteiger partial charge on any atom is 0.124 e. The second-order valence-electron chi connectivity index (χ2n) is 6.88. The van der Waals surface area contributed by atoms with Crippen LogP contribution in [-0.2, 0) is 0 Å². The molecule has 1 fully saturated rings. The molecule has 2 aliphatic heterocycles. The fourth-order valence-electron chi connectivity index (χ4n) is 3.47. The number of likely N-dealkylation sites (tertiary alicyclic amines) is 1. The highest BCUT2D eigenvalue weighted by molar-refractivity contribution is 5.38. The number of hydrogen-bond donors (Lipinski definition) is 1. The van der Waals surface area contributed by atoms with E-state index in [1.54, 1.807) is 0 Å². The Hall–Kier alpha value is -1.06. The first-order valence-corrected chi connectivity index (χ1v) is 7.74. The molecule has 0 saturated carbocycles. The molecule has 0 radical (unpaired) electrons. The summed E-state index contributed by atoms with van der Waals surface area (Å²) in [6.07, 6.45) is 2.56. The van der Waals surface area contributed by atoms with Crippen molar-refractivity contribution in [3.63, 3.8) is 0 Å². The molecular formula is C17H26N2O. The largest absolute Gasteiger partial charge is 0.492 e. The van der Waals surface area contributed by atoms with Crippen LogP contribution in [0.4, 0.5) is 0 Å². The number of ether oxygens (including phenoxy) is 1. The fraction of sp³-hybridized carbons (Fsp3) is 0.647. The summed E-state index contributed by atoms with van der Waals surface area (Å²) in [5, 5.41) is 3.51.